The number of hydrogen-bond acceptors (Lipinski definition) is 3. The number of rotatable bonds is 8. The maximum Gasteiger partial charge on any atom is 0.253 e. The molecule has 0 fully saturated rings. The number of carbonyl (C=O) groups excluding carboxylic acids is 2. The molecule has 1 atom stereocenters. The molecule has 2 rings (SSSR count). The van der Waals surface area contributed by atoms with E-state index in [4.69, 9.17) is 11.6 Å². The highest BCUT2D eigenvalue weighted by molar-refractivity contribution is 8.00. The van der Waals surface area contributed by atoms with Crippen LogP contribution < -0.4 is 10.6 Å². The largest absolute Gasteiger partial charge is 0.352 e. The standard InChI is InChI=1S/C21H25ClN2O2S/c1-4-19(27-16-11-9-15(22)10-12-16)21(26)24-18-8-6-5-7-17(18)20(25)23-13-14(2)3/h5-12,14,19H,4,13H2,1-3H3,(H,23,25)(H,24,26)/t19-/m0/s1. The molecule has 0 saturated heterocycles. The molecule has 0 radical (unpaired) electrons. The van der Waals surface area contributed by atoms with Gasteiger partial charge in [-0.05, 0) is 48.7 Å². The normalized spacial score (nSPS) is 11.9. The van der Waals surface area contributed by atoms with Crippen molar-refractivity contribution >= 4 is 40.9 Å². The molecule has 0 bridgehead atoms. The third-order valence-electron chi connectivity index (χ3n) is 3.86. The van der Waals surface area contributed by atoms with Crippen LogP contribution in [0.15, 0.2) is 53.4 Å². The summed E-state index contributed by atoms with van der Waals surface area (Å²) in [5.41, 5.74) is 0.997. The number of halogens is 1. The van der Waals surface area contributed by atoms with E-state index < -0.39 is 0 Å². The van der Waals surface area contributed by atoms with Crippen LogP contribution in [-0.2, 0) is 4.79 Å². The van der Waals surface area contributed by atoms with E-state index in [0.29, 0.717) is 35.2 Å². The average Bonchev–Trinajstić information content (AvgIpc) is 2.66. The van der Waals surface area contributed by atoms with Crippen molar-refractivity contribution < 1.29 is 9.59 Å². The summed E-state index contributed by atoms with van der Waals surface area (Å²) in [5.74, 6) is 0.0514. The summed E-state index contributed by atoms with van der Waals surface area (Å²) in [4.78, 5) is 26.2. The van der Waals surface area contributed by atoms with Crippen molar-refractivity contribution in [1.29, 1.82) is 0 Å². The van der Waals surface area contributed by atoms with E-state index in [-0.39, 0.29) is 17.1 Å². The summed E-state index contributed by atoms with van der Waals surface area (Å²) in [6.07, 6.45) is 0.667. The smallest absolute Gasteiger partial charge is 0.253 e. The topological polar surface area (TPSA) is 58.2 Å². The Bertz CT molecular complexity index is 778. The molecule has 0 aromatic heterocycles. The summed E-state index contributed by atoms with van der Waals surface area (Å²) in [7, 11) is 0. The lowest BCUT2D eigenvalue weighted by Crippen LogP contribution is -2.30. The highest BCUT2D eigenvalue weighted by atomic mass is 35.5. The molecule has 2 aromatic rings. The fourth-order valence-corrected chi connectivity index (χ4v) is 3.48. The maximum atomic E-state index is 12.8. The molecule has 0 heterocycles. The van der Waals surface area contributed by atoms with Gasteiger partial charge in [-0.15, -0.1) is 11.8 Å². The van der Waals surface area contributed by atoms with Gasteiger partial charge in [0.25, 0.3) is 5.91 Å². The number of anilines is 1. The lowest BCUT2D eigenvalue weighted by molar-refractivity contribution is -0.115. The molecule has 4 nitrogen and oxygen atoms in total. The van der Waals surface area contributed by atoms with Crippen LogP contribution in [0.4, 0.5) is 5.69 Å². The quantitative estimate of drug-likeness (QED) is 0.592. The lowest BCUT2D eigenvalue weighted by atomic mass is 10.1. The van der Waals surface area contributed by atoms with E-state index in [1.54, 1.807) is 18.2 Å². The van der Waals surface area contributed by atoms with E-state index >= 15 is 0 Å². The average molecular weight is 405 g/mol. The van der Waals surface area contributed by atoms with Gasteiger partial charge in [-0.2, -0.15) is 0 Å². The molecule has 2 aromatic carbocycles. The molecule has 2 N–H and O–H groups in total. The molecule has 0 aliphatic heterocycles. The predicted molar refractivity (Wildman–Crippen MR) is 114 cm³/mol. The number of nitrogens with one attached hydrogen (secondary N) is 2. The Kier molecular flexibility index (Phi) is 8.20. The minimum Gasteiger partial charge on any atom is -0.352 e. The van der Waals surface area contributed by atoms with Gasteiger partial charge in [0, 0.05) is 16.5 Å². The highest BCUT2D eigenvalue weighted by Crippen LogP contribution is 2.28. The Labute approximate surface area is 170 Å². The second kappa shape index (κ2) is 10.4. The van der Waals surface area contributed by atoms with Crippen LogP contribution in [0, 0.1) is 5.92 Å². The van der Waals surface area contributed by atoms with Crippen molar-refractivity contribution in [2.45, 2.75) is 37.3 Å². The first-order valence-corrected chi connectivity index (χ1v) is 10.3. The fraction of sp³-hybridized carbons (Fsp3) is 0.333. The first-order chi connectivity index (χ1) is 12.9. The SMILES string of the molecule is CC[C@H](Sc1ccc(Cl)cc1)C(=O)Nc1ccccc1C(=O)NCC(C)C. The van der Waals surface area contributed by atoms with Gasteiger partial charge in [0.05, 0.1) is 16.5 Å². The molecule has 6 heteroatoms. The van der Waals surface area contributed by atoms with Crippen LogP contribution in [0.25, 0.3) is 0 Å². The molecule has 0 spiro atoms. The van der Waals surface area contributed by atoms with E-state index in [1.165, 1.54) is 11.8 Å². The van der Waals surface area contributed by atoms with Crippen molar-refractivity contribution in [3.05, 3.63) is 59.1 Å². The minimum atomic E-state index is -0.266. The van der Waals surface area contributed by atoms with Gasteiger partial charge in [0.2, 0.25) is 5.91 Å². The van der Waals surface area contributed by atoms with Gasteiger partial charge < -0.3 is 10.6 Å². The summed E-state index contributed by atoms with van der Waals surface area (Å²) in [6, 6.07) is 14.5. The number of para-hydroxylation sites is 1. The van der Waals surface area contributed by atoms with Crippen molar-refractivity contribution in [1.82, 2.24) is 5.32 Å². The molecule has 0 unspecified atom stereocenters. The molecular weight excluding hydrogens is 380 g/mol. The van der Waals surface area contributed by atoms with Gasteiger partial charge in [-0.1, -0.05) is 44.5 Å². The maximum absolute atomic E-state index is 12.8. The molecule has 0 aliphatic carbocycles. The summed E-state index contributed by atoms with van der Waals surface area (Å²) in [5, 5.41) is 6.21. The summed E-state index contributed by atoms with van der Waals surface area (Å²) >= 11 is 7.40. The van der Waals surface area contributed by atoms with Crippen LogP contribution in [0.3, 0.4) is 0 Å². The van der Waals surface area contributed by atoms with Crippen LogP contribution in [0.5, 0.6) is 0 Å². The van der Waals surface area contributed by atoms with E-state index in [1.807, 2.05) is 51.1 Å². The molecule has 0 aliphatic rings. The number of amides is 2. The van der Waals surface area contributed by atoms with Gasteiger partial charge in [0.15, 0.2) is 0 Å². The molecule has 27 heavy (non-hydrogen) atoms. The first-order valence-electron chi connectivity index (χ1n) is 9.01. The van der Waals surface area contributed by atoms with Gasteiger partial charge in [-0.25, -0.2) is 0 Å². The van der Waals surface area contributed by atoms with Crippen LogP contribution in [-0.4, -0.2) is 23.6 Å². The van der Waals surface area contributed by atoms with Gasteiger partial charge in [-0.3, -0.25) is 9.59 Å². The van der Waals surface area contributed by atoms with Crippen molar-refractivity contribution in [3.63, 3.8) is 0 Å². The van der Waals surface area contributed by atoms with Crippen molar-refractivity contribution in [2.24, 2.45) is 5.92 Å². The number of thioether (sulfide) groups is 1. The number of carbonyl (C=O) groups is 2. The molecule has 0 saturated carbocycles. The Morgan fingerprint density at radius 1 is 1.07 bits per heavy atom. The molecule has 144 valence electrons. The summed E-state index contributed by atoms with van der Waals surface area (Å²) in [6.45, 7) is 6.63. The third kappa shape index (κ3) is 6.60. The van der Waals surface area contributed by atoms with E-state index in [2.05, 4.69) is 10.6 Å². The van der Waals surface area contributed by atoms with Crippen LogP contribution >= 0.6 is 23.4 Å². The predicted octanol–water partition coefficient (Wildman–Crippen LogP) is 5.24. The third-order valence-corrected chi connectivity index (χ3v) is 5.48. The molecule has 2 amide bonds. The Hall–Kier alpha value is -1.98. The summed E-state index contributed by atoms with van der Waals surface area (Å²) < 4.78 is 0. The zero-order valence-electron chi connectivity index (χ0n) is 15.8. The first kappa shape index (κ1) is 21.3. The second-order valence-electron chi connectivity index (χ2n) is 6.61. The fourth-order valence-electron chi connectivity index (χ4n) is 2.40. The minimum absolute atomic E-state index is 0.124. The second-order valence-corrected chi connectivity index (χ2v) is 8.32. The highest BCUT2D eigenvalue weighted by Gasteiger charge is 2.20. The van der Waals surface area contributed by atoms with E-state index in [0.717, 1.165) is 4.90 Å². The molecular formula is C21H25ClN2O2S. The lowest BCUT2D eigenvalue weighted by Gasteiger charge is -2.17. The Morgan fingerprint density at radius 2 is 1.74 bits per heavy atom. The van der Waals surface area contributed by atoms with Crippen LogP contribution in [0.2, 0.25) is 5.02 Å². The van der Waals surface area contributed by atoms with E-state index in [9.17, 15) is 9.59 Å². The Balaban J connectivity index is 2.09. The van der Waals surface area contributed by atoms with Crippen molar-refractivity contribution in [2.75, 3.05) is 11.9 Å². The number of hydrogen-bond donors (Lipinski definition) is 2. The monoisotopic (exact) mass is 404 g/mol. The van der Waals surface area contributed by atoms with Crippen LogP contribution in [0.1, 0.15) is 37.6 Å². The number of benzene rings is 2. The van der Waals surface area contributed by atoms with Gasteiger partial charge >= 0.3 is 0 Å². The zero-order chi connectivity index (χ0) is 19.8. The Morgan fingerprint density at radius 3 is 2.37 bits per heavy atom. The van der Waals surface area contributed by atoms with Crippen molar-refractivity contribution in [3.8, 4) is 0 Å². The zero-order valence-corrected chi connectivity index (χ0v) is 17.4. The van der Waals surface area contributed by atoms with Gasteiger partial charge in [0.1, 0.15) is 0 Å².